The van der Waals surface area contributed by atoms with E-state index < -0.39 is 48.6 Å². The largest absolute Gasteiger partial charge is 0.481 e. The van der Waals surface area contributed by atoms with Crippen molar-refractivity contribution in [3.63, 3.8) is 0 Å². The van der Waals surface area contributed by atoms with Gasteiger partial charge in [-0.2, -0.15) is 0 Å². The number of unbranched alkanes of at least 4 members (excludes halogenated alkanes) is 16. The first-order valence-electron chi connectivity index (χ1n) is 22.2. The topological polar surface area (TPSA) is 439 Å². The zero-order valence-corrected chi connectivity index (χ0v) is 38.9. The molecule has 0 aliphatic carbocycles. The molecule has 0 unspecified atom stereocenters. The maximum atomic E-state index is 10.2. The number of hydrogen-bond acceptors (Lipinski definition) is 20. The summed E-state index contributed by atoms with van der Waals surface area (Å²) < 4.78 is 0. The monoisotopic (exact) mass is 953 g/mol. The van der Waals surface area contributed by atoms with Crippen molar-refractivity contribution in [2.24, 2.45) is 0 Å². The highest BCUT2D eigenvalue weighted by Gasteiger charge is 1.99. The third kappa shape index (κ3) is 108. The average molecular weight is 953 g/mol. The fourth-order valence-electron chi connectivity index (χ4n) is 3.52. The molecule has 0 aliphatic heterocycles. The number of rotatable bonds is 32. The fourth-order valence-corrected chi connectivity index (χ4v) is 3.52. The lowest BCUT2D eigenvalue weighted by Crippen LogP contribution is -2.15. The second kappa shape index (κ2) is 75.5. The molecule has 0 aliphatic rings. The SMILES string of the molecule is CCCCCCCCCCCC(=O)O.CCCCCCCCCCCC(=O)O.OCC(O)CO.OCC(O)CO.OCC(O)CO.OCC(O)CO.OCC(O)CO.OCC(O)CO. The minimum atomic E-state index is -0.954. The predicted octanol–water partition coefficient (Wildman–Crippen LogP) is -2.02. The maximum absolute atomic E-state index is 10.2. The maximum Gasteiger partial charge on any atom is 0.303 e. The number of aliphatic carboxylic acids is 2. The predicted molar refractivity (Wildman–Crippen MR) is 240 cm³/mol. The summed E-state index contributed by atoms with van der Waals surface area (Å²) >= 11 is 0. The van der Waals surface area contributed by atoms with Crippen LogP contribution in [0.3, 0.4) is 0 Å². The zero-order valence-electron chi connectivity index (χ0n) is 38.9. The van der Waals surface area contributed by atoms with Crippen molar-refractivity contribution in [1.82, 2.24) is 0 Å². The average Bonchev–Trinajstić information content (AvgIpc) is 3.32. The summed E-state index contributed by atoms with van der Waals surface area (Å²) in [6.07, 6.45) is 17.2. The summed E-state index contributed by atoms with van der Waals surface area (Å²) in [6, 6.07) is 0. The molecule has 22 heteroatoms. The van der Waals surface area contributed by atoms with E-state index in [9.17, 15) is 9.59 Å². The third-order valence-electron chi connectivity index (χ3n) is 7.52. The van der Waals surface area contributed by atoms with Gasteiger partial charge in [0.1, 0.15) is 36.6 Å². The number of hydrogen-bond donors (Lipinski definition) is 20. The first-order valence-corrected chi connectivity index (χ1v) is 22.2. The zero-order chi connectivity index (χ0) is 51.2. The van der Waals surface area contributed by atoms with Gasteiger partial charge in [0.25, 0.3) is 0 Å². The Labute approximate surface area is 381 Å². The van der Waals surface area contributed by atoms with Crippen molar-refractivity contribution in [2.75, 3.05) is 79.3 Å². The van der Waals surface area contributed by atoms with E-state index in [1.807, 2.05) is 0 Å². The second-order valence-corrected chi connectivity index (χ2v) is 14.1. The summed E-state index contributed by atoms with van der Waals surface area (Å²) in [5.41, 5.74) is 0. The van der Waals surface area contributed by atoms with E-state index in [-0.39, 0.29) is 79.3 Å². The van der Waals surface area contributed by atoms with E-state index in [1.165, 1.54) is 89.9 Å². The first-order chi connectivity index (χ1) is 30.4. The van der Waals surface area contributed by atoms with Gasteiger partial charge in [-0.15, -0.1) is 0 Å². The van der Waals surface area contributed by atoms with Gasteiger partial charge < -0.3 is 102 Å². The Bertz CT molecular complexity index is 656. The van der Waals surface area contributed by atoms with E-state index in [4.69, 9.17) is 102 Å². The van der Waals surface area contributed by atoms with Gasteiger partial charge in [-0.1, -0.05) is 117 Å². The summed E-state index contributed by atoms with van der Waals surface area (Å²) in [4.78, 5) is 20.4. The molecule has 396 valence electrons. The van der Waals surface area contributed by atoms with Crippen molar-refractivity contribution >= 4 is 11.9 Å². The second-order valence-electron chi connectivity index (χ2n) is 14.1. The molecule has 22 nitrogen and oxygen atoms in total. The van der Waals surface area contributed by atoms with Gasteiger partial charge in [-0.05, 0) is 12.8 Å². The molecule has 0 atom stereocenters. The van der Waals surface area contributed by atoms with Crippen LogP contribution in [-0.2, 0) is 9.59 Å². The van der Waals surface area contributed by atoms with Crippen LogP contribution in [-0.4, -0.2) is 230 Å². The van der Waals surface area contributed by atoms with Crippen molar-refractivity contribution in [2.45, 2.75) is 179 Å². The highest BCUT2D eigenvalue weighted by Crippen LogP contribution is 2.11. The highest BCUT2D eigenvalue weighted by atomic mass is 16.4. The molecule has 0 aromatic heterocycles. The van der Waals surface area contributed by atoms with E-state index in [0.29, 0.717) is 12.8 Å². The Hall–Kier alpha value is -1.78. The fraction of sp³-hybridized carbons (Fsp3) is 0.952. The van der Waals surface area contributed by atoms with Crippen molar-refractivity contribution < 1.29 is 112 Å². The van der Waals surface area contributed by atoms with Crippen LogP contribution < -0.4 is 0 Å². The Morgan fingerprint density at radius 2 is 0.391 bits per heavy atom. The first kappa shape index (κ1) is 79.3. The Morgan fingerprint density at radius 1 is 0.266 bits per heavy atom. The molecule has 0 radical (unpaired) electrons. The van der Waals surface area contributed by atoms with Gasteiger partial charge in [0.15, 0.2) is 0 Å². The van der Waals surface area contributed by atoms with Gasteiger partial charge in [-0.3, -0.25) is 9.59 Å². The van der Waals surface area contributed by atoms with Crippen LogP contribution in [0.15, 0.2) is 0 Å². The molecule has 0 heterocycles. The standard InChI is InChI=1S/2C12H24O2.6C3H8O3/c2*1-2-3-4-5-6-7-8-9-10-11-12(13)14;6*4-1-3(6)2-5/h2*2-11H2,1H3,(H,13,14);6*3-6H,1-2H2. The van der Waals surface area contributed by atoms with Crippen molar-refractivity contribution in [1.29, 1.82) is 0 Å². The smallest absolute Gasteiger partial charge is 0.303 e. The van der Waals surface area contributed by atoms with Crippen LogP contribution >= 0.6 is 0 Å². The van der Waals surface area contributed by atoms with Gasteiger partial charge in [0.2, 0.25) is 0 Å². The summed E-state index contributed by atoms with van der Waals surface area (Å²) in [7, 11) is 0. The minimum absolute atomic E-state index is 0.343. The normalized spacial score (nSPS) is 10.2. The van der Waals surface area contributed by atoms with Gasteiger partial charge in [0, 0.05) is 12.8 Å². The Kier molecular flexibility index (Phi) is 93.6. The van der Waals surface area contributed by atoms with E-state index in [0.717, 1.165) is 25.7 Å². The lowest BCUT2D eigenvalue weighted by atomic mass is 10.1. The molecule has 0 fully saturated rings. The van der Waals surface area contributed by atoms with Gasteiger partial charge in [-0.25, -0.2) is 0 Å². The van der Waals surface area contributed by atoms with E-state index in [1.54, 1.807) is 0 Å². The van der Waals surface area contributed by atoms with Gasteiger partial charge in [0.05, 0.1) is 79.3 Å². The van der Waals surface area contributed by atoms with Crippen molar-refractivity contribution in [3.05, 3.63) is 0 Å². The van der Waals surface area contributed by atoms with Crippen LogP contribution in [0.25, 0.3) is 0 Å². The number of carbonyl (C=O) groups is 2. The Balaban J connectivity index is -0.0000000968. The van der Waals surface area contributed by atoms with Crippen LogP contribution in [0.1, 0.15) is 142 Å². The van der Waals surface area contributed by atoms with Crippen LogP contribution in [0, 0.1) is 0 Å². The molecule has 0 spiro atoms. The summed E-state index contributed by atoms with van der Waals surface area (Å²) in [5, 5.41) is 161. The lowest BCUT2D eigenvalue weighted by Gasteiger charge is -2.00. The Morgan fingerprint density at radius 3 is 0.484 bits per heavy atom. The van der Waals surface area contributed by atoms with E-state index in [2.05, 4.69) is 13.8 Å². The summed E-state index contributed by atoms with van der Waals surface area (Å²) in [5.74, 6) is -1.32. The molecule has 0 aromatic carbocycles. The molecule has 0 saturated heterocycles. The van der Waals surface area contributed by atoms with Crippen LogP contribution in [0.5, 0.6) is 0 Å². The third-order valence-corrected chi connectivity index (χ3v) is 7.52. The number of aliphatic hydroxyl groups excluding tert-OH is 18. The van der Waals surface area contributed by atoms with Gasteiger partial charge >= 0.3 is 11.9 Å². The molecular weight excluding hydrogens is 856 g/mol. The molecular formula is C42H96O22. The van der Waals surface area contributed by atoms with E-state index >= 15 is 0 Å². The lowest BCUT2D eigenvalue weighted by molar-refractivity contribution is -0.138. The number of carboxylic acid groups (broad SMARTS) is 2. The summed E-state index contributed by atoms with van der Waals surface area (Å²) in [6.45, 7) is 0.0812. The molecule has 0 rings (SSSR count). The molecule has 0 bridgehead atoms. The molecule has 0 amide bonds. The van der Waals surface area contributed by atoms with Crippen LogP contribution in [0.2, 0.25) is 0 Å². The number of carboxylic acids is 2. The quantitative estimate of drug-likeness (QED) is 0.0323. The molecule has 64 heavy (non-hydrogen) atoms. The molecule has 20 N–H and O–H groups in total. The minimum Gasteiger partial charge on any atom is -0.481 e. The highest BCUT2D eigenvalue weighted by molar-refractivity contribution is 5.66. The molecule has 0 aromatic rings. The molecule has 0 saturated carbocycles. The van der Waals surface area contributed by atoms with Crippen molar-refractivity contribution in [3.8, 4) is 0 Å². The van der Waals surface area contributed by atoms with Crippen LogP contribution in [0.4, 0.5) is 0 Å². The number of aliphatic hydroxyl groups is 18.